The molecule has 0 aliphatic carbocycles. The topological polar surface area (TPSA) is 45.8 Å². The third-order valence-corrected chi connectivity index (χ3v) is 4.38. The van der Waals surface area contributed by atoms with Crippen molar-refractivity contribution in [1.82, 2.24) is 9.97 Å². The second-order valence-electron chi connectivity index (χ2n) is 4.02. The zero-order chi connectivity index (χ0) is 13.1. The van der Waals surface area contributed by atoms with Gasteiger partial charge in [0, 0.05) is 4.90 Å². The molecule has 1 aromatic heterocycles. The van der Waals surface area contributed by atoms with Crippen molar-refractivity contribution in [3.8, 4) is 0 Å². The molecule has 94 valence electrons. The normalized spacial score (nSPS) is 10.6. The zero-order valence-corrected chi connectivity index (χ0v) is 12.6. The molecular weight excluding hydrogens is 312 g/mol. The van der Waals surface area contributed by atoms with Crippen molar-refractivity contribution in [2.75, 3.05) is 0 Å². The van der Waals surface area contributed by atoms with E-state index in [0.717, 1.165) is 5.69 Å². The molecular formula is C13H13BrN2OS. The van der Waals surface area contributed by atoms with Crippen LogP contribution in [0.3, 0.4) is 0 Å². The highest BCUT2D eigenvalue weighted by Gasteiger charge is 2.05. The van der Waals surface area contributed by atoms with Crippen molar-refractivity contribution in [3.05, 3.63) is 56.2 Å². The Morgan fingerprint density at radius 2 is 2.17 bits per heavy atom. The molecule has 2 rings (SSSR count). The average Bonchev–Trinajstić information content (AvgIpc) is 2.33. The van der Waals surface area contributed by atoms with Crippen molar-refractivity contribution in [1.29, 1.82) is 0 Å². The maximum Gasteiger partial charge on any atom is 0.265 e. The van der Waals surface area contributed by atoms with E-state index < -0.39 is 0 Å². The second kappa shape index (κ2) is 5.71. The monoisotopic (exact) mass is 324 g/mol. The van der Waals surface area contributed by atoms with Crippen LogP contribution in [0.4, 0.5) is 0 Å². The Morgan fingerprint density at radius 1 is 1.39 bits per heavy atom. The highest BCUT2D eigenvalue weighted by atomic mass is 79.9. The van der Waals surface area contributed by atoms with Crippen LogP contribution in [-0.2, 0) is 5.75 Å². The number of nitrogens with one attached hydrogen (secondary N) is 1. The van der Waals surface area contributed by atoms with E-state index in [9.17, 15) is 4.79 Å². The number of rotatable bonds is 3. The Balaban J connectivity index is 2.14. The molecule has 1 aromatic carbocycles. The number of halogens is 1. The highest BCUT2D eigenvalue weighted by Crippen LogP contribution is 2.22. The van der Waals surface area contributed by atoms with E-state index in [2.05, 4.69) is 51.0 Å². The standard InChI is InChI=1S/C13H13BrN2OS/c1-8-4-3-5-10(6-8)18-7-11-15-9(2)12(14)13(17)16-11/h3-6H,7H2,1-2H3,(H,15,16,17). The van der Waals surface area contributed by atoms with Crippen molar-refractivity contribution >= 4 is 27.7 Å². The third kappa shape index (κ3) is 3.23. The number of aryl methyl sites for hydroxylation is 2. The summed E-state index contributed by atoms with van der Waals surface area (Å²) in [5, 5.41) is 0. The first-order valence-corrected chi connectivity index (χ1v) is 7.29. The highest BCUT2D eigenvalue weighted by molar-refractivity contribution is 9.10. The lowest BCUT2D eigenvalue weighted by atomic mass is 10.2. The van der Waals surface area contributed by atoms with E-state index in [-0.39, 0.29) is 5.56 Å². The molecule has 0 radical (unpaired) electrons. The van der Waals surface area contributed by atoms with E-state index in [0.29, 0.717) is 16.0 Å². The van der Waals surface area contributed by atoms with Crippen LogP contribution in [0.5, 0.6) is 0 Å². The van der Waals surface area contributed by atoms with Crippen LogP contribution in [0, 0.1) is 13.8 Å². The van der Waals surface area contributed by atoms with Crippen LogP contribution in [0.2, 0.25) is 0 Å². The van der Waals surface area contributed by atoms with Crippen molar-refractivity contribution in [2.45, 2.75) is 24.5 Å². The zero-order valence-electron chi connectivity index (χ0n) is 10.2. The molecule has 0 aliphatic rings. The minimum Gasteiger partial charge on any atom is -0.309 e. The fourth-order valence-electron chi connectivity index (χ4n) is 1.55. The first-order valence-electron chi connectivity index (χ1n) is 5.51. The van der Waals surface area contributed by atoms with Gasteiger partial charge >= 0.3 is 0 Å². The number of thioether (sulfide) groups is 1. The lowest BCUT2D eigenvalue weighted by Gasteiger charge is -2.04. The quantitative estimate of drug-likeness (QED) is 0.879. The lowest BCUT2D eigenvalue weighted by molar-refractivity contribution is 0.954. The van der Waals surface area contributed by atoms with Gasteiger partial charge < -0.3 is 4.98 Å². The summed E-state index contributed by atoms with van der Waals surface area (Å²) in [6.45, 7) is 3.88. The number of nitrogens with zero attached hydrogens (tertiary/aromatic N) is 1. The molecule has 0 atom stereocenters. The Hall–Kier alpha value is -1.07. The Morgan fingerprint density at radius 3 is 2.83 bits per heavy atom. The summed E-state index contributed by atoms with van der Waals surface area (Å²) in [6, 6.07) is 8.27. The van der Waals surface area contributed by atoms with Gasteiger partial charge in [-0.2, -0.15) is 0 Å². The van der Waals surface area contributed by atoms with E-state index in [1.165, 1.54) is 10.5 Å². The van der Waals surface area contributed by atoms with Gasteiger partial charge in [0.25, 0.3) is 5.56 Å². The van der Waals surface area contributed by atoms with E-state index in [4.69, 9.17) is 0 Å². The number of hydrogen-bond acceptors (Lipinski definition) is 3. The van der Waals surface area contributed by atoms with Crippen LogP contribution in [-0.4, -0.2) is 9.97 Å². The smallest absolute Gasteiger partial charge is 0.265 e. The summed E-state index contributed by atoms with van der Waals surface area (Å²) >= 11 is 4.87. The fraction of sp³-hybridized carbons (Fsp3) is 0.231. The molecule has 0 saturated carbocycles. The SMILES string of the molecule is Cc1cccc(SCc2nc(C)c(Br)c(=O)[nH]2)c1. The van der Waals surface area contributed by atoms with E-state index in [1.54, 1.807) is 11.8 Å². The molecule has 1 heterocycles. The minimum absolute atomic E-state index is 0.123. The molecule has 0 fully saturated rings. The van der Waals surface area contributed by atoms with Gasteiger partial charge in [-0.15, -0.1) is 11.8 Å². The third-order valence-electron chi connectivity index (χ3n) is 2.44. The number of benzene rings is 1. The predicted octanol–water partition coefficient (Wildman–Crippen LogP) is 3.44. The van der Waals surface area contributed by atoms with Crippen LogP contribution in [0.15, 0.2) is 38.4 Å². The summed E-state index contributed by atoms with van der Waals surface area (Å²) in [4.78, 5) is 19.9. The Bertz CT molecular complexity index is 625. The molecule has 0 saturated heterocycles. The van der Waals surface area contributed by atoms with Gasteiger partial charge in [0.1, 0.15) is 10.3 Å². The van der Waals surface area contributed by atoms with Crippen LogP contribution in [0.1, 0.15) is 17.1 Å². The summed E-state index contributed by atoms with van der Waals surface area (Å²) in [5.41, 5.74) is 1.83. The average molecular weight is 325 g/mol. The molecule has 5 heteroatoms. The van der Waals surface area contributed by atoms with Gasteiger partial charge in [-0.3, -0.25) is 4.79 Å². The molecule has 0 bridgehead atoms. The molecule has 0 aliphatic heterocycles. The van der Waals surface area contributed by atoms with Gasteiger partial charge in [0.15, 0.2) is 0 Å². The van der Waals surface area contributed by atoms with Gasteiger partial charge in [0.05, 0.1) is 11.4 Å². The van der Waals surface area contributed by atoms with E-state index >= 15 is 0 Å². The van der Waals surface area contributed by atoms with Gasteiger partial charge in [-0.1, -0.05) is 17.7 Å². The Kier molecular flexibility index (Phi) is 4.24. The van der Waals surface area contributed by atoms with Gasteiger partial charge in [-0.25, -0.2) is 4.98 Å². The number of H-pyrrole nitrogens is 1. The first-order chi connectivity index (χ1) is 8.56. The van der Waals surface area contributed by atoms with Crippen LogP contribution < -0.4 is 5.56 Å². The van der Waals surface area contributed by atoms with E-state index in [1.807, 2.05) is 13.0 Å². The van der Waals surface area contributed by atoms with Gasteiger partial charge in [-0.05, 0) is 41.9 Å². The molecule has 18 heavy (non-hydrogen) atoms. The molecule has 0 spiro atoms. The van der Waals surface area contributed by atoms with Crippen molar-refractivity contribution in [3.63, 3.8) is 0 Å². The fourth-order valence-corrected chi connectivity index (χ4v) is 2.63. The molecule has 2 aromatic rings. The molecule has 0 unspecified atom stereocenters. The summed E-state index contributed by atoms with van der Waals surface area (Å²) in [5.74, 6) is 1.36. The summed E-state index contributed by atoms with van der Waals surface area (Å²) in [6.07, 6.45) is 0. The maximum atomic E-state index is 11.6. The Labute approximate surface area is 118 Å². The molecule has 1 N–H and O–H groups in total. The van der Waals surface area contributed by atoms with Crippen LogP contribution in [0.25, 0.3) is 0 Å². The lowest BCUT2D eigenvalue weighted by Crippen LogP contribution is -2.13. The number of aromatic amines is 1. The maximum absolute atomic E-state index is 11.6. The van der Waals surface area contributed by atoms with Crippen molar-refractivity contribution in [2.24, 2.45) is 0 Å². The predicted molar refractivity (Wildman–Crippen MR) is 78.0 cm³/mol. The van der Waals surface area contributed by atoms with Gasteiger partial charge in [0.2, 0.25) is 0 Å². The summed E-state index contributed by atoms with van der Waals surface area (Å²) < 4.78 is 0.506. The van der Waals surface area contributed by atoms with Crippen LogP contribution >= 0.6 is 27.7 Å². The summed E-state index contributed by atoms with van der Waals surface area (Å²) in [7, 11) is 0. The van der Waals surface area contributed by atoms with Crippen molar-refractivity contribution < 1.29 is 0 Å². The largest absolute Gasteiger partial charge is 0.309 e. The second-order valence-corrected chi connectivity index (χ2v) is 5.86. The first kappa shape index (κ1) is 13.4. The molecule has 0 amide bonds. The minimum atomic E-state index is -0.123. The number of hydrogen-bond donors (Lipinski definition) is 1. The molecule has 3 nitrogen and oxygen atoms in total. The number of aromatic nitrogens is 2.